The highest BCUT2D eigenvalue weighted by molar-refractivity contribution is 6.70. The zero-order valence-electron chi connectivity index (χ0n) is 15.8. The first-order valence-electron chi connectivity index (χ1n) is 8.50. The van der Waals surface area contributed by atoms with Gasteiger partial charge in [0.15, 0.2) is 5.78 Å². The zero-order chi connectivity index (χ0) is 19.5. The minimum Gasteiger partial charge on any atom is -0.547 e. The molecule has 5 heteroatoms. The van der Waals surface area contributed by atoms with Crippen LogP contribution < -0.4 is 0 Å². The third-order valence-corrected chi connectivity index (χ3v) is 5.34. The number of rotatable bonds is 6. The molecule has 0 saturated carbocycles. The highest BCUT2D eigenvalue weighted by Crippen LogP contribution is 2.36. The smallest absolute Gasteiger partial charge is 0.241 e. The van der Waals surface area contributed by atoms with E-state index in [4.69, 9.17) is 27.6 Å². The number of carbonyl (C=O) groups excluding carboxylic acids is 1. The third-order valence-electron chi connectivity index (χ3n) is 3.91. The molecular formula is C21H24Cl2O2Si. The van der Waals surface area contributed by atoms with Crippen molar-refractivity contribution < 1.29 is 9.22 Å². The van der Waals surface area contributed by atoms with Gasteiger partial charge in [-0.1, -0.05) is 47.5 Å². The highest BCUT2D eigenvalue weighted by Gasteiger charge is 2.27. The van der Waals surface area contributed by atoms with Gasteiger partial charge in [-0.25, -0.2) is 0 Å². The van der Waals surface area contributed by atoms with Crippen LogP contribution in [0.4, 0.5) is 0 Å². The van der Waals surface area contributed by atoms with Gasteiger partial charge in [-0.3, -0.25) is 4.79 Å². The van der Waals surface area contributed by atoms with Gasteiger partial charge in [0, 0.05) is 21.5 Å². The fourth-order valence-electron chi connectivity index (χ4n) is 3.00. The van der Waals surface area contributed by atoms with Gasteiger partial charge in [0.05, 0.1) is 5.76 Å². The first kappa shape index (κ1) is 20.8. The van der Waals surface area contributed by atoms with Gasteiger partial charge in [-0.2, -0.15) is 0 Å². The van der Waals surface area contributed by atoms with E-state index in [1.54, 1.807) is 6.92 Å². The third kappa shape index (κ3) is 5.47. The Morgan fingerprint density at radius 2 is 1.23 bits per heavy atom. The van der Waals surface area contributed by atoms with Gasteiger partial charge in [0.2, 0.25) is 8.32 Å². The van der Waals surface area contributed by atoms with E-state index in [1.807, 2.05) is 55.5 Å². The number of halogens is 2. The van der Waals surface area contributed by atoms with Crippen LogP contribution in [0.1, 0.15) is 30.9 Å². The molecule has 0 N–H and O–H groups in total. The average Bonchev–Trinajstić information content (AvgIpc) is 2.52. The summed E-state index contributed by atoms with van der Waals surface area (Å²) in [6.07, 6.45) is 0. The second-order valence-corrected chi connectivity index (χ2v) is 12.6. The van der Waals surface area contributed by atoms with Crippen molar-refractivity contribution in [1.29, 1.82) is 0 Å². The van der Waals surface area contributed by atoms with E-state index in [1.165, 1.54) is 0 Å². The normalized spacial score (nSPS) is 12.8. The zero-order valence-corrected chi connectivity index (χ0v) is 18.3. The van der Waals surface area contributed by atoms with Crippen molar-refractivity contribution in [3.05, 3.63) is 81.0 Å². The van der Waals surface area contributed by atoms with E-state index in [-0.39, 0.29) is 11.7 Å². The Morgan fingerprint density at radius 3 is 1.54 bits per heavy atom. The van der Waals surface area contributed by atoms with Gasteiger partial charge in [-0.15, -0.1) is 0 Å². The molecule has 0 aliphatic heterocycles. The number of hydrogen-bond donors (Lipinski definition) is 0. The molecule has 138 valence electrons. The molecule has 0 spiro atoms. The van der Waals surface area contributed by atoms with E-state index in [0.29, 0.717) is 21.4 Å². The molecule has 0 bridgehead atoms. The fraction of sp³-hybridized carbons (Fsp3) is 0.286. The summed E-state index contributed by atoms with van der Waals surface area (Å²) in [4.78, 5) is 12.6. The largest absolute Gasteiger partial charge is 0.547 e. The maximum absolute atomic E-state index is 12.6. The maximum atomic E-state index is 12.6. The highest BCUT2D eigenvalue weighted by atomic mass is 35.5. The Bertz CT molecular complexity index is 758. The quantitative estimate of drug-likeness (QED) is 0.298. The summed E-state index contributed by atoms with van der Waals surface area (Å²) in [6.45, 7) is 9.79. The van der Waals surface area contributed by atoms with Gasteiger partial charge in [0.1, 0.15) is 0 Å². The lowest BCUT2D eigenvalue weighted by Crippen LogP contribution is -2.26. The van der Waals surface area contributed by atoms with Crippen LogP contribution in [-0.4, -0.2) is 14.1 Å². The van der Waals surface area contributed by atoms with Crippen LogP contribution in [0.3, 0.4) is 0 Å². The molecule has 2 aromatic rings. The summed E-state index contributed by atoms with van der Waals surface area (Å²) in [5.74, 6) is 0.445. The van der Waals surface area contributed by atoms with Crippen LogP contribution >= 0.6 is 23.2 Å². The Balaban J connectivity index is 2.67. The van der Waals surface area contributed by atoms with Crippen molar-refractivity contribution in [1.82, 2.24) is 0 Å². The second kappa shape index (κ2) is 8.42. The lowest BCUT2D eigenvalue weighted by molar-refractivity contribution is -0.114. The SMILES string of the molecule is CC(=O)/C(=C(\C)O[Si](C)(C)C)C(c1ccc(Cl)cc1)c1ccc(Cl)cc1. The minimum atomic E-state index is -1.85. The Kier molecular flexibility index (Phi) is 6.73. The van der Waals surface area contributed by atoms with E-state index < -0.39 is 8.32 Å². The molecule has 0 aromatic heterocycles. The number of ketones is 1. The molecule has 2 aromatic carbocycles. The van der Waals surface area contributed by atoms with E-state index in [9.17, 15) is 4.79 Å². The van der Waals surface area contributed by atoms with Crippen molar-refractivity contribution >= 4 is 37.3 Å². The molecule has 0 atom stereocenters. The molecule has 0 amide bonds. The summed E-state index contributed by atoms with van der Waals surface area (Å²) < 4.78 is 6.18. The molecule has 2 rings (SSSR count). The van der Waals surface area contributed by atoms with Crippen LogP contribution in [-0.2, 0) is 9.22 Å². The molecule has 2 nitrogen and oxygen atoms in total. The molecule has 0 saturated heterocycles. The monoisotopic (exact) mass is 406 g/mol. The van der Waals surface area contributed by atoms with Crippen LogP contribution in [0.5, 0.6) is 0 Å². The summed E-state index contributed by atoms with van der Waals surface area (Å²) >= 11 is 12.1. The number of allylic oxidation sites excluding steroid dienone is 2. The van der Waals surface area contributed by atoms with Crippen LogP contribution in [0.25, 0.3) is 0 Å². The van der Waals surface area contributed by atoms with Gasteiger partial charge < -0.3 is 4.43 Å². The fourth-order valence-corrected chi connectivity index (χ4v) is 4.29. The Labute approximate surface area is 166 Å². The Hall–Kier alpha value is -1.55. The van der Waals surface area contributed by atoms with Gasteiger partial charge in [0.25, 0.3) is 0 Å². The van der Waals surface area contributed by atoms with E-state index in [2.05, 4.69) is 19.6 Å². The lowest BCUT2D eigenvalue weighted by Gasteiger charge is -2.26. The molecule has 0 aliphatic rings. The number of Topliss-reactive ketones (excluding diaryl/α,β-unsaturated/α-hetero) is 1. The summed E-state index contributed by atoms with van der Waals surface area (Å²) in [5.41, 5.74) is 2.64. The summed E-state index contributed by atoms with van der Waals surface area (Å²) in [6, 6.07) is 15.2. The van der Waals surface area contributed by atoms with Crippen molar-refractivity contribution in [2.75, 3.05) is 0 Å². The van der Waals surface area contributed by atoms with Crippen LogP contribution in [0.2, 0.25) is 29.7 Å². The lowest BCUT2D eigenvalue weighted by atomic mass is 9.82. The average molecular weight is 407 g/mol. The summed E-state index contributed by atoms with van der Waals surface area (Å²) in [7, 11) is -1.85. The van der Waals surface area contributed by atoms with Crippen LogP contribution in [0, 0.1) is 0 Å². The van der Waals surface area contributed by atoms with Crippen molar-refractivity contribution in [2.24, 2.45) is 0 Å². The van der Waals surface area contributed by atoms with E-state index >= 15 is 0 Å². The van der Waals surface area contributed by atoms with Crippen molar-refractivity contribution in [2.45, 2.75) is 39.4 Å². The molecule has 0 aliphatic carbocycles. The molecule has 0 radical (unpaired) electrons. The predicted octanol–water partition coefficient (Wildman–Crippen LogP) is 6.84. The van der Waals surface area contributed by atoms with Crippen molar-refractivity contribution in [3.63, 3.8) is 0 Å². The molecule has 26 heavy (non-hydrogen) atoms. The Morgan fingerprint density at radius 1 is 0.846 bits per heavy atom. The molecule has 0 fully saturated rings. The second-order valence-electron chi connectivity index (χ2n) is 7.28. The topological polar surface area (TPSA) is 26.3 Å². The number of hydrogen-bond acceptors (Lipinski definition) is 2. The summed E-state index contributed by atoms with van der Waals surface area (Å²) in [5, 5.41) is 1.32. The van der Waals surface area contributed by atoms with E-state index in [0.717, 1.165) is 11.1 Å². The van der Waals surface area contributed by atoms with Crippen LogP contribution in [0.15, 0.2) is 59.9 Å². The first-order valence-corrected chi connectivity index (χ1v) is 12.7. The van der Waals surface area contributed by atoms with Crippen molar-refractivity contribution in [3.8, 4) is 0 Å². The number of benzene rings is 2. The minimum absolute atomic E-state index is 0.00403. The standard InChI is InChI=1S/C21H24Cl2O2Si/c1-14(24)20(15(2)25-26(3,4)5)21(16-6-10-18(22)11-7-16)17-8-12-19(23)13-9-17/h6-13,21H,1-5H3/b20-15-. The maximum Gasteiger partial charge on any atom is 0.241 e. The molecule has 0 heterocycles. The first-order chi connectivity index (χ1) is 12.1. The number of carbonyl (C=O) groups is 1. The van der Waals surface area contributed by atoms with Gasteiger partial charge in [-0.05, 0) is 68.9 Å². The molecule has 0 unspecified atom stereocenters. The molecular weight excluding hydrogens is 383 g/mol. The van der Waals surface area contributed by atoms with Gasteiger partial charge >= 0.3 is 0 Å². The predicted molar refractivity (Wildman–Crippen MR) is 113 cm³/mol.